The zero-order valence-corrected chi connectivity index (χ0v) is 15.5. The average Bonchev–Trinajstić information content (AvgIpc) is 3.31. The summed E-state index contributed by atoms with van der Waals surface area (Å²) in [5.41, 5.74) is 3.19. The average molecular weight is 382 g/mol. The lowest BCUT2D eigenvalue weighted by Crippen LogP contribution is -2.15. The summed E-state index contributed by atoms with van der Waals surface area (Å²) in [7, 11) is 0. The third kappa shape index (κ3) is 3.40. The minimum Gasteiger partial charge on any atom is -0.486 e. The van der Waals surface area contributed by atoms with Gasteiger partial charge in [0.15, 0.2) is 16.6 Å². The molecule has 0 atom stereocenters. The van der Waals surface area contributed by atoms with Crippen LogP contribution < -0.4 is 14.8 Å². The SMILES string of the molecule is Cc1csc(/C(C#N)=C/Nc2nc(-c3ccc4c(c3)OCCO4)cs2)n1. The quantitative estimate of drug-likeness (QED) is 0.677. The molecule has 0 amide bonds. The van der Waals surface area contributed by atoms with Crippen molar-refractivity contribution in [3.8, 4) is 28.8 Å². The standard InChI is InChI=1S/C18H14N4O2S2/c1-11-9-25-17(21-11)13(7-19)8-20-18-22-14(10-26-18)12-2-3-15-16(6-12)24-5-4-23-15/h2-3,6,8-10H,4-5H2,1H3,(H,20,22)/b13-8+. The highest BCUT2D eigenvalue weighted by Gasteiger charge is 2.14. The summed E-state index contributed by atoms with van der Waals surface area (Å²) in [6.07, 6.45) is 1.64. The molecule has 26 heavy (non-hydrogen) atoms. The number of allylic oxidation sites excluding steroid dienone is 1. The Morgan fingerprint density at radius 1 is 1.19 bits per heavy atom. The predicted octanol–water partition coefficient (Wildman–Crippen LogP) is 4.32. The number of rotatable bonds is 4. The molecule has 4 rings (SSSR count). The Kier molecular flexibility index (Phi) is 4.56. The fourth-order valence-corrected chi connectivity index (χ4v) is 3.88. The van der Waals surface area contributed by atoms with Crippen LogP contribution in [0.5, 0.6) is 11.5 Å². The molecule has 0 fully saturated rings. The number of aromatic nitrogens is 2. The minimum absolute atomic E-state index is 0.485. The molecule has 3 heterocycles. The second-order valence-electron chi connectivity index (χ2n) is 5.50. The van der Waals surface area contributed by atoms with Crippen molar-refractivity contribution in [3.63, 3.8) is 0 Å². The zero-order chi connectivity index (χ0) is 17.9. The number of fused-ring (bicyclic) bond motifs is 1. The molecule has 1 aliphatic rings. The maximum atomic E-state index is 9.33. The number of ether oxygens (including phenoxy) is 2. The van der Waals surface area contributed by atoms with Crippen molar-refractivity contribution in [2.24, 2.45) is 0 Å². The van der Waals surface area contributed by atoms with Gasteiger partial charge in [-0.25, -0.2) is 9.97 Å². The fourth-order valence-electron chi connectivity index (χ4n) is 2.43. The molecular weight excluding hydrogens is 368 g/mol. The van der Waals surface area contributed by atoms with Crippen LogP contribution in [0.4, 0.5) is 5.13 Å². The number of hydrogen-bond donors (Lipinski definition) is 1. The van der Waals surface area contributed by atoms with Crippen LogP contribution in [0.15, 0.2) is 35.2 Å². The number of nitrogens with one attached hydrogen (secondary N) is 1. The lowest BCUT2D eigenvalue weighted by Gasteiger charge is -2.18. The van der Waals surface area contributed by atoms with Crippen molar-refractivity contribution in [2.45, 2.75) is 6.92 Å². The molecule has 0 aliphatic carbocycles. The van der Waals surface area contributed by atoms with Crippen LogP contribution in [0, 0.1) is 18.3 Å². The first-order chi connectivity index (χ1) is 12.7. The van der Waals surface area contributed by atoms with Gasteiger partial charge in [0.05, 0.1) is 5.69 Å². The topological polar surface area (TPSA) is 80.1 Å². The largest absolute Gasteiger partial charge is 0.486 e. The highest BCUT2D eigenvalue weighted by molar-refractivity contribution is 7.14. The van der Waals surface area contributed by atoms with Crippen LogP contribution in [-0.4, -0.2) is 23.2 Å². The number of nitriles is 1. The molecule has 2 aromatic heterocycles. The molecule has 0 unspecified atom stereocenters. The molecule has 0 spiro atoms. The predicted molar refractivity (Wildman–Crippen MR) is 103 cm³/mol. The van der Waals surface area contributed by atoms with Gasteiger partial charge in [-0.2, -0.15) is 5.26 Å². The summed E-state index contributed by atoms with van der Waals surface area (Å²) in [6.45, 7) is 3.03. The third-order valence-electron chi connectivity index (χ3n) is 3.65. The van der Waals surface area contributed by atoms with Crippen molar-refractivity contribution in [1.29, 1.82) is 5.26 Å². The number of anilines is 1. The van der Waals surface area contributed by atoms with Crippen LogP contribution in [0.25, 0.3) is 16.8 Å². The van der Waals surface area contributed by atoms with Crippen LogP contribution in [-0.2, 0) is 0 Å². The number of thiazole rings is 2. The Balaban J connectivity index is 1.53. The summed E-state index contributed by atoms with van der Waals surface area (Å²) in [6, 6.07) is 7.96. The summed E-state index contributed by atoms with van der Waals surface area (Å²) in [5, 5.41) is 17.7. The fraction of sp³-hybridized carbons (Fsp3) is 0.167. The monoisotopic (exact) mass is 382 g/mol. The molecule has 1 N–H and O–H groups in total. The number of benzene rings is 1. The van der Waals surface area contributed by atoms with Gasteiger partial charge in [0, 0.05) is 28.2 Å². The van der Waals surface area contributed by atoms with E-state index >= 15 is 0 Å². The molecule has 0 radical (unpaired) electrons. The van der Waals surface area contributed by atoms with E-state index in [1.54, 1.807) is 6.20 Å². The van der Waals surface area contributed by atoms with Crippen molar-refractivity contribution >= 4 is 33.4 Å². The van der Waals surface area contributed by atoms with Gasteiger partial charge < -0.3 is 14.8 Å². The Morgan fingerprint density at radius 2 is 2.04 bits per heavy atom. The molecule has 1 aliphatic heterocycles. The van der Waals surface area contributed by atoms with E-state index in [-0.39, 0.29) is 0 Å². The second kappa shape index (κ2) is 7.15. The summed E-state index contributed by atoms with van der Waals surface area (Å²) in [4.78, 5) is 8.91. The molecule has 3 aromatic rings. The first-order valence-corrected chi connectivity index (χ1v) is 9.64. The Morgan fingerprint density at radius 3 is 2.81 bits per heavy atom. The van der Waals surface area contributed by atoms with E-state index in [4.69, 9.17) is 9.47 Å². The van der Waals surface area contributed by atoms with Gasteiger partial charge in [-0.3, -0.25) is 0 Å². The summed E-state index contributed by atoms with van der Waals surface area (Å²) < 4.78 is 11.2. The Bertz CT molecular complexity index is 1020. The smallest absolute Gasteiger partial charge is 0.187 e. The molecule has 0 bridgehead atoms. The van der Waals surface area contributed by atoms with Gasteiger partial charge in [0.2, 0.25) is 0 Å². The van der Waals surface area contributed by atoms with Gasteiger partial charge >= 0.3 is 0 Å². The lowest BCUT2D eigenvalue weighted by molar-refractivity contribution is 0.171. The number of nitrogens with zero attached hydrogens (tertiary/aromatic N) is 3. The lowest BCUT2D eigenvalue weighted by atomic mass is 10.1. The van der Waals surface area contributed by atoms with E-state index in [1.807, 2.05) is 35.9 Å². The molecule has 8 heteroatoms. The molecule has 0 saturated heterocycles. The van der Waals surface area contributed by atoms with Gasteiger partial charge in [-0.15, -0.1) is 22.7 Å². The van der Waals surface area contributed by atoms with Crippen molar-refractivity contribution in [1.82, 2.24) is 9.97 Å². The third-order valence-corrected chi connectivity index (χ3v) is 5.42. The molecule has 1 aromatic carbocycles. The highest BCUT2D eigenvalue weighted by atomic mass is 32.1. The van der Waals surface area contributed by atoms with E-state index in [0.717, 1.165) is 28.5 Å². The van der Waals surface area contributed by atoms with Gasteiger partial charge in [-0.1, -0.05) is 0 Å². The van der Waals surface area contributed by atoms with Crippen LogP contribution in [0.3, 0.4) is 0 Å². The second-order valence-corrected chi connectivity index (χ2v) is 7.22. The van der Waals surface area contributed by atoms with E-state index in [0.29, 0.717) is 28.9 Å². The Hall–Kier alpha value is -2.89. The van der Waals surface area contributed by atoms with E-state index in [1.165, 1.54) is 22.7 Å². The van der Waals surface area contributed by atoms with Gasteiger partial charge in [0.25, 0.3) is 0 Å². The normalized spacial score (nSPS) is 13.3. The number of aryl methyl sites for hydroxylation is 1. The minimum atomic E-state index is 0.485. The van der Waals surface area contributed by atoms with Crippen molar-refractivity contribution in [2.75, 3.05) is 18.5 Å². The first-order valence-electron chi connectivity index (χ1n) is 7.88. The van der Waals surface area contributed by atoms with Gasteiger partial charge in [-0.05, 0) is 25.1 Å². The van der Waals surface area contributed by atoms with E-state index in [2.05, 4.69) is 21.4 Å². The molecule has 0 saturated carbocycles. The molecular formula is C18H14N4O2S2. The zero-order valence-electron chi connectivity index (χ0n) is 13.9. The summed E-state index contributed by atoms with van der Waals surface area (Å²) >= 11 is 2.92. The molecule has 130 valence electrons. The van der Waals surface area contributed by atoms with Crippen molar-refractivity contribution in [3.05, 3.63) is 45.9 Å². The van der Waals surface area contributed by atoms with E-state index in [9.17, 15) is 5.26 Å². The maximum absolute atomic E-state index is 9.33. The van der Waals surface area contributed by atoms with Crippen molar-refractivity contribution < 1.29 is 9.47 Å². The van der Waals surface area contributed by atoms with Crippen LogP contribution in [0.2, 0.25) is 0 Å². The maximum Gasteiger partial charge on any atom is 0.187 e. The van der Waals surface area contributed by atoms with Crippen LogP contribution >= 0.6 is 22.7 Å². The summed E-state index contributed by atoms with van der Waals surface area (Å²) in [5.74, 6) is 1.50. The number of hydrogen-bond acceptors (Lipinski definition) is 8. The van der Waals surface area contributed by atoms with Gasteiger partial charge in [0.1, 0.15) is 29.9 Å². The first kappa shape index (κ1) is 16.6. The van der Waals surface area contributed by atoms with E-state index < -0.39 is 0 Å². The molecule has 6 nitrogen and oxygen atoms in total. The Labute approximate surface area is 158 Å². The highest BCUT2D eigenvalue weighted by Crippen LogP contribution is 2.35. The van der Waals surface area contributed by atoms with Crippen LogP contribution in [0.1, 0.15) is 10.7 Å².